The van der Waals surface area contributed by atoms with Gasteiger partial charge in [0.2, 0.25) is 5.91 Å². The molecule has 0 aliphatic carbocycles. The third-order valence-corrected chi connectivity index (χ3v) is 4.05. The van der Waals surface area contributed by atoms with Crippen molar-refractivity contribution < 1.29 is 14.3 Å². The smallest absolute Gasteiger partial charge is 0.321 e. The van der Waals surface area contributed by atoms with E-state index in [-0.39, 0.29) is 5.91 Å². The zero-order valence-corrected chi connectivity index (χ0v) is 14.4. The topological polar surface area (TPSA) is 70.7 Å². The summed E-state index contributed by atoms with van der Waals surface area (Å²) in [5.74, 6) is 0.495. The Morgan fingerprint density at radius 1 is 1.17 bits per heavy atom. The molecule has 2 N–H and O–H groups in total. The van der Waals surface area contributed by atoms with Gasteiger partial charge in [0.25, 0.3) is 0 Å². The highest BCUT2D eigenvalue weighted by Crippen LogP contribution is 2.22. The molecule has 0 unspecified atom stereocenters. The highest BCUT2D eigenvalue weighted by atomic mass is 16.5. The average Bonchev–Trinajstić information content (AvgIpc) is 2.60. The van der Waals surface area contributed by atoms with Gasteiger partial charge in [0, 0.05) is 13.6 Å². The summed E-state index contributed by atoms with van der Waals surface area (Å²) in [5.41, 5.74) is 1.09. The van der Waals surface area contributed by atoms with Crippen molar-refractivity contribution in [1.82, 2.24) is 15.5 Å². The fraction of sp³-hybridized carbons (Fsp3) is 0.333. The molecule has 24 heavy (non-hydrogen) atoms. The second-order valence-corrected chi connectivity index (χ2v) is 5.71. The quantitative estimate of drug-likeness (QED) is 0.881. The Morgan fingerprint density at radius 3 is 2.50 bits per heavy atom. The first-order chi connectivity index (χ1) is 11.4. The fourth-order valence-electron chi connectivity index (χ4n) is 2.40. The number of amides is 3. The number of likely N-dealkylation sites (N-methyl/N-ethyl adjacent to an activating group) is 1. The van der Waals surface area contributed by atoms with Crippen molar-refractivity contribution in [3.63, 3.8) is 0 Å². The first kappa shape index (κ1) is 17.7. The number of carbonyl (C=O) groups excluding carboxylic acids is 2. The van der Waals surface area contributed by atoms with Gasteiger partial charge in [0.15, 0.2) is 0 Å². The monoisotopic (exact) mass is 329 g/mol. The van der Waals surface area contributed by atoms with Gasteiger partial charge in [-0.05, 0) is 48.5 Å². The first-order valence-electron chi connectivity index (χ1n) is 7.74. The van der Waals surface area contributed by atoms with E-state index in [1.54, 1.807) is 14.0 Å². The third-order valence-electron chi connectivity index (χ3n) is 4.05. The van der Waals surface area contributed by atoms with Crippen LogP contribution in [0.4, 0.5) is 4.79 Å². The van der Waals surface area contributed by atoms with Crippen LogP contribution < -0.4 is 15.4 Å². The number of rotatable bonds is 5. The minimum Gasteiger partial charge on any atom is -0.497 e. The summed E-state index contributed by atoms with van der Waals surface area (Å²) in [6.45, 7) is 2.37. The maximum Gasteiger partial charge on any atom is 0.321 e. The number of nitrogens with zero attached hydrogens (tertiary/aromatic N) is 1. The number of urea groups is 1. The van der Waals surface area contributed by atoms with Gasteiger partial charge in [-0.3, -0.25) is 15.0 Å². The van der Waals surface area contributed by atoms with Crippen LogP contribution in [0.5, 0.6) is 5.75 Å². The van der Waals surface area contributed by atoms with Crippen LogP contribution >= 0.6 is 0 Å². The van der Waals surface area contributed by atoms with Crippen LogP contribution in [-0.2, 0) is 11.3 Å². The number of fused-ring (bicyclic) bond motifs is 1. The summed E-state index contributed by atoms with van der Waals surface area (Å²) in [6.07, 6.45) is 0. The van der Waals surface area contributed by atoms with Gasteiger partial charge in [0.05, 0.1) is 13.2 Å². The van der Waals surface area contributed by atoms with E-state index in [4.69, 9.17) is 4.74 Å². The van der Waals surface area contributed by atoms with Crippen molar-refractivity contribution >= 4 is 22.7 Å². The maximum atomic E-state index is 12.0. The van der Waals surface area contributed by atoms with Crippen molar-refractivity contribution in [2.24, 2.45) is 0 Å². The molecule has 0 bridgehead atoms. The van der Waals surface area contributed by atoms with Gasteiger partial charge in [-0.15, -0.1) is 0 Å². The van der Waals surface area contributed by atoms with E-state index >= 15 is 0 Å². The van der Waals surface area contributed by atoms with Crippen LogP contribution in [0.15, 0.2) is 36.4 Å². The van der Waals surface area contributed by atoms with Crippen molar-refractivity contribution in [3.05, 3.63) is 42.0 Å². The third kappa shape index (κ3) is 4.23. The molecule has 0 saturated carbocycles. The molecule has 1 atom stereocenters. The molecule has 2 aromatic rings. The van der Waals surface area contributed by atoms with Gasteiger partial charge in [-0.2, -0.15) is 0 Å². The van der Waals surface area contributed by atoms with Crippen molar-refractivity contribution in [3.8, 4) is 5.75 Å². The number of nitrogens with one attached hydrogen (secondary N) is 2. The van der Waals surface area contributed by atoms with E-state index in [0.29, 0.717) is 6.54 Å². The molecular formula is C18H23N3O3. The van der Waals surface area contributed by atoms with Crippen molar-refractivity contribution in [2.45, 2.75) is 19.5 Å². The molecule has 2 rings (SSSR count). The summed E-state index contributed by atoms with van der Waals surface area (Å²) in [7, 11) is 4.98. The van der Waals surface area contributed by atoms with Crippen LogP contribution in [0.3, 0.4) is 0 Å². The van der Waals surface area contributed by atoms with Crippen LogP contribution in [0, 0.1) is 0 Å². The Labute approximate surface area is 141 Å². The molecule has 0 radical (unpaired) electrons. The van der Waals surface area contributed by atoms with Crippen LogP contribution in [0.25, 0.3) is 10.8 Å². The largest absolute Gasteiger partial charge is 0.497 e. The SMILES string of the molecule is CNC(=O)NC(=O)[C@H](C)N(C)Cc1ccc2cc(OC)ccc2c1. The van der Waals surface area contributed by atoms with E-state index in [1.807, 2.05) is 42.3 Å². The molecule has 0 aromatic heterocycles. The molecule has 0 fully saturated rings. The van der Waals surface area contributed by atoms with E-state index in [2.05, 4.69) is 16.7 Å². The molecule has 0 aliphatic rings. The molecular weight excluding hydrogens is 306 g/mol. The predicted octanol–water partition coefficient (Wildman–Crippen LogP) is 2.12. The van der Waals surface area contributed by atoms with Crippen LogP contribution in [0.2, 0.25) is 0 Å². The molecule has 0 heterocycles. The van der Waals surface area contributed by atoms with Gasteiger partial charge in [-0.1, -0.05) is 18.2 Å². The minimum atomic E-state index is -0.500. The number of imide groups is 1. The van der Waals surface area contributed by atoms with Crippen molar-refractivity contribution in [1.29, 1.82) is 0 Å². The number of hydrogen-bond acceptors (Lipinski definition) is 4. The Morgan fingerprint density at radius 2 is 1.83 bits per heavy atom. The summed E-state index contributed by atoms with van der Waals surface area (Å²) in [6, 6.07) is 11.2. The predicted molar refractivity (Wildman–Crippen MR) is 94.0 cm³/mol. The van der Waals surface area contributed by atoms with Crippen LogP contribution in [-0.4, -0.2) is 44.1 Å². The Kier molecular flexibility index (Phi) is 5.76. The number of methoxy groups -OCH3 is 1. The normalized spacial score (nSPS) is 12.0. The number of hydrogen-bond donors (Lipinski definition) is 2. The summed E-state index contributed by atoms with van der Waals surface area (Å²) in [5, 5.41) is 6.88. The fourth-order valence-corrected chi connectivity index (χ4v) is 2.40. The average molecular weight is 329 g/mol. The van der Waals surface area contributed by atoms with E-state index in [0.717, 1.165) is 22.1 Å². The van der Waals surface area contributed by atoms with Gasteiger partial charge < -0.3 is 10.1 Å². The first-order valence-corrected chi connectivity index (χ1v) is 7.74. The lowest BCUT2D eigenvalue weighted by Crippen LogP contribution is -2.47. The molecule has 0 saturated heterocycles. The highest BCUT2D eigenvalue weighted by molar-refractivity contribution is 5.96. The lowest BCUT2D eigenvalue weighted by molar-refractivity contribution is -0.124. The minimum absolute atomic E-state index is 0.331. The van der Waals surface area contributed by atoms with Crippen LogP contribution in [0.1, 0.15) is 12.5 Å². The number of carbonyl (C=O) groups is 2. The van der Waals surface area contributed by atoms with Gasteiger partial charge >= 0.3 is 6.03 Å². The van der Waals surface area contributed by atoms with Crippen molar-refractivity contribution in [2.75, 3.05) is 21.2 Å². The van der Waals surface area contributed by atoms with E-state index < -0.39 is 12.1 Å². The Bertz CT molecular complexity index is 745. The second kappa shape index (κ2) is 7.79. The standard InChI is InChI=1S/C18H23N3O3/c1-12(17(22)20-18(23)19-2)21(3)11-13-5-6-15-10-16(24-4)8-7-14(15)9-13/h5-10,12H,11H2,1-4H3,(H2,19,20,22,23)/t12-/m0/s1. The maximum absolute atomic E-state index is 12.0. The molecule has 6 nitrogen and oxygen atoms in total. The summed E-state index contributed by atoms with van der Waals surface area (Å²) in [4.78, 5) is 25.1. The summed E-state index contributed by atoms with van der Waals surface area (Å²) >= 11 is 0. The zero-order chi connectivity index (χ0) is 17.7. The lowest BCUT2D eigenvalue weighted by Gasteiger charge is -2.23. The molecule has 3 amide bonds. The molecule has 128 valence electrons. The van der Waals surface area contributed by atoms with Gasteiger partial charge in [0.1, 0.15) is 5.75 Å². The van der Waals surface area contributed by atoms with E-state index in [1.165, 1.54) is 7.05 Å². The Balaban J connectivity index is 2.08. The van der Waals surface area contributed by atoms with Gasteiger partial charge in [-0.25, -0.2) is 4.79 Å². The lowest BCUT2D eigenvalue weighted by atomic mass is 10.1. The molecule has 0 aliphatic heterocycles. The second-order valence-electron chi connectivity index (χ2n) is 5.71. The number of ether oxygens (including phenoxy) is 1. The number of benzene rings is 2. The molecule has 6 heteroatoms. The Hall–Kier alpha value is -2.60. The highest BCUT2D eigenvalue weighted by Gasteiger charge is 2.19. The molecule has 0 spiro atoms. The zero-order valence-electron chi connectivity index (χ0n) is 14.4. The van der Waals surface area contributed by atoms with E-state index in [9.17, 15) is 9.59 Å². The summed E-state index contributed by atoms with van der Waals surface area (Å²) < 4.78 is 5.23. The molecule has 2 aromatic carbocycles.